The van der Waals surface area contributed by atoms with Crippen molar-refractivity contribution in [3.05, 3.63) is 16.1 Å². The second-order valence-corrected chi connectivity index (χ2v) is 4.40. The van der Waals surface area contributed by atoms with Gasteiger partial charge in [-0.25, -0.2) is 4.98 Å². The fourth-order valence-corrected chi connectivity index (χ4v) is 2.48. The normalized spacial score (nSPS) is 22.4. The number of nitrogens with zero attached hydrogens (tertiary/aromatic N) is 2. The molecule has 1 unspecified atom stereocenters. The Labute approximate surface area is 81.1 Å². The van der Waals surface area contributed by atoms with E-state index in [1.807, 2.05) is 0 Å². The van der Waals surface area contributed by atoms with Crippen molar-refractivity contribution in [3.8, 4) is 0 Å². The predicted molar refractivity (Wildman–Crippen MR) is 52.1 cm³/mol. The first kappa shape index (κ1) is 8.30. The van der Waals surface area contributed by atoms with Crippen LogP contribution in [0.2, 0.25) is 0 Å². The van der Waals surface area contributed by atoms with Crippen LogP contribution in [0.3, 0.4) is 0 Å². The van der Waals surface area contributed by atoms with Gasteiger partial charge in [0.25, 0.3) is 0 Å². The Bertz CT molecular complexity index is 304. The summed E-state index contributed by atoms with van der Waals surface area (Å²) in [5.41, 5.74) is 1.38. The van der Waals surface area contributed by atoms with Crippen molar-refractivity contribution in [1.29, 1.82) is 0 Å². The monoisotopic (exact) mass is 228 g/mol. The van der Waals surface area contributed by atoms with Gasteiger partial charge in [-0.15, -0.1) is 0 Å². The molecular formula is C9H13BrN2. The van der Waals surface area contributed by atoms with E-state index in [-0.39, 0.29) is 0 Å². The number of fused-ring (bicyclic) bond motifs is 1. The lowest BCUT2D eigenvalue weighted by atomic mass is 9.99. The van der Waals surface area contributed by atoms with Gasteiger partial charge in [-0.1, -0.05) is 6.92 Å². The summed E-state index contributed by atoms with van der Waals surface area (Å²) in [6.45, 7) is 5.52. The van der Waals surface area contributed by atoms with Crippen LogP contribution in [-0.4, -0.2) is 9.55 Å². The van der Waals surface area contributed by atoms with E-state index in [0.717, 1.165) is 22.9 Å². The predicted octanol–water partition coefficient (Wildman–Crippen LogP) is 2.54. The Morgan fingerprint density at radius 3 is 3.08 bits per heavy atom. The largest absolute Gasteiger partial charge is 0.331 e. The summed E-state index contributed by atoms with van der Waals surface area (Å²) >= 11 is 3.50. The molecule has 0 fully saturated rings. The van der Waals surface area contributed by atoms with Gasteiger partial charge in [0.1, 0.15) is 10.4 Å². The Morgan fingerprint density at radius 1 is 1.58 bits per heavy atom. The highest BCUT2D eigenvalue weighted by atomic mass is 79.9. The number of rotatable bonds is 0. The van der Waals surface area contributed by atoms with E-state index >= 15 is 0 Å². The van der Waals surface area contributed by atoms with Crippen molar-refractivity contribution >= 4 is 15.9 Å². The second kappa shape index (κ2) is 2.87. The summed E-state index contributed by atoms with van der Waals surface area (Å²) in [6.07, 6.45) is 2.46. The standard InChI is InChI=1S/C9H13BrN2/c1-6-3-4-12-7(2)11-9(10)8(12)5-6/h6H,3-5H2,1-2H3. The summed E-state index contributed by atoms with van der Waals surface area (Å²) in [4.78, 5) is 4.41. The van der Waals surface area contributed by atoms with E-state index in [9.17, 15) is 0 Å². The summed E-state index contributed by atoms with van der Waals surface area (Å²) in [6, 6.07) is 0. The first-order chi connectivity index (χ1) is 5.68. The minimum absolute atomic E-state index is 0.810. The first-order valence-electron chi connectivity index (χ1n) is 4.40. The van der Waals surface area contributed by atoms with Crippen LogP contribution >= 0.6 is 15.9 Å². The van der Waals surface area contributed by atoms with Crippen molar-refractivity contribution in [2.45, 2.75) is 33.2 Å². The molecule has 0 bridgehead atoms. The molecule has 2 heterocycles. The highest BCUT2D eigenvalue weighted by molar-refractivity contribution is 9.10. The average molecular weight is 229 g/mol. The van der Waals surface area contributed by atoms with Gasteiger partial charge in [0, 0.05) is 6.54 Å². The zero-order valence-electron chi connectivity index (χ0n) is 7.47. The summed E-state index contributed by atoms with van der Waals surface area (Å²) < 4.78 is 3.37. The molecule has 1 atom stereocenters. The van der Waals surface area contributed by atoms with Gasteiger partial charge in [-0.3, -0.25) is 0 Å². The van der Waals surface area contributed by atoms with Crippen molar-refractivity contribution in [2.24, 2.45) is 5.92 Å². The lowest BCUT2D eigenvalue weighted by molar-refractivity contribution is 0.411. The van der Waals surface area contributed by atoms with Crippen LogP contribution in [0.25, 0.3) is 0 Å². The number of imidazole rings is 1. The lowest BCUT2D eigenvalue weighted by Gasteiger charge is -2.21. The van der Waals surface area contributed by atoms with Crippen LogP contribution in [0, 0.1) is 12.8 Å². The number of halogens is 1. The molecule has 0 N–H and O–H groups in total. The molecule has 0 spiro atoms. The fraction of sp³-hybridized carbons (Fsp3) is 0.667. The molecule has 3 heteroatoms. The molecule has 2 nitrogen and oxygen atoms in total. The fourth-order valence-electron chi connectivity index (χ4n) is 1.85. The van der Waals surface area contributed by atoms with E-state index in [4.69, 9.17) is 0 Å². The SMILES string of the molecule is Cc1nc(Br)c2n1CCC(C)C2. The number of hydrogen-bond donors (Lipinski definition) is 0. The van der Waals surface area contributed by atoms with Gasteiger partial charge in [-0.2, -0.15) is 0 Å². The van der Waals surface area contributed by atoms with Crippen LogP contribution in [0.4, 0.5) is 0 Å². The summed E-state index contributed by atoms with van der Waals surface area (Å²) in [5.74, 6) is 1.95. The second-order valence-electron chi connectivity index (χ2n) is 3.65. The van der Waals surface area contributed by atoms with Crippen LogP contribution in [0.1, 0.15) is 24.9 Å². The maximum atomic E-state index is 4.41. The topological polar surface area (TPSA) is 17.8 Å². The average Bonchev–Trinajstić information content (AvgIpc) is 2.28. The van der Waals surface area contributed by atoms with Crippen LogP contribution < -0.4 is 0 Å². The number of aryl methyl sites for hydroxylation is 1. The van der Waals surface area contributed by atoms with E-state index < -0.39 is 0 Å². The van der Waals surface area contributed by atoms with Crippen LogP contribution in [0.5, 0.6) is 0 Å². The minimum Gasteiger partial charge on any atom is -0.331 e. The van der Waals surface area contributed by atoms with Gasteiger partial charge >= 0.3 is 0 Å². The molecule has 0 saturated heterocycles. The molecular weight excluding hydrogens is 216 g/mol. The maximum Gasteiger partial charge on any atom is 0.127 e. The van der Waals surface area contributed by atoms with Crippen LogP contribution in [0.15, 0.2) is 4.60 Å². The minimum atomic E-state index is 0.810. The third-order valence-corrected chi connectivity index (χ3v) is 3.24. The van der Waals surface area contributed by atoms with E-state index in [1.165, 1.54) is 18.5 Å². The van der Waals surface area contributed by atoms with E-state index in [2.05, 4.69) is 39.3 Å². The quantitative estimate of drug-likeness (QED) is 0.668. The van der Waals surface area contributed by atoms with Crippen molar-refractivity contribution < 1.29 is 0 Å². The Balaban J connectivity index is 2.45. The molecule has 1 aromatic heterocycles. The van der Waals surface area contributed by atoms with Crippen molar-refractivity contribution in [2.75, 3.05) is 0 Å². The third-order valence-electron chi connectivity index (χ3n) is 2.60. The molecule has 1 aliphatic rings. The molecule has 66 valence electrons. The molecule has 0 radical (unpaired) electrons. The Morgan fingerprint density at radius 2 is 2.33 bits per heavy atom. The van der Waals surface area contributed by atoms with Gasteiger partial charge in [0.15, 0.2) is 0 Å². The molecule has 0 amide bonds. The number of hydrogen-bond acceptors (Lipinski definition) is 1. The van der Waals surface area contributed by atoms with E-state index in [1.54, 1.807) is 0 Å². The highest BCUT2D eigenvalue weighted by Gasteiger charge is 2.19. The smallest absolute Gasteiger partial charge is 0.127 e. The molecule has 1 aliphatic heterocycles. The Hall–Kier alpha value is -0.310. The molecule has 2 rings (SSSR count). The zero-order valence-corrected chi connectivity index (χ0v) is 9.06. The van der Waals surface area contributed by atoms with Gasteiger partial charge < -0.3 is 4.57 Å². The van der Waals surface area contributed by atoms with Crippen molar-refractivity contribution in [3.63, 3.8) is 0 Å². The first-order valence-corrected chi connectivity index (χ1v) is 5.19. The maximum absolute atomic E-state index is 4.41. The molecule has 0 aliphatic carbocycles. The molecule has 1 aromatic rings. The van der Waals surface area contributed by atoms with Gasteiger partial charge in [0.2, 0.25) is 0 Å². The molecule has 0 aromatic carbocycles. The third kappa shape index (κ3) is 1.20. The molecule has 12 heavy (non-hydrogen) atoms. The Kier molecular flexibility index (Phi) is 1.99. The number of aromatic nitrogens is 2. The molecule has 0 saturated carbocycles. The van der Waals surface area contributed by atoms with Gasteiger partial charge in [-0.05, 0) is 41.6 Å². The van der Waals surface area contributed by atoms with Crippen molar-refractivity contribution in [1.82, 2.24) is 9.55 Å². The van der Waals surface area contributed by atoms with E-state index in [0.29, 0.717) is 0 Å². The summed E-state index contributed by atoms with van der Waals surface area (Å²) in [5, 5.41) is 0. The highest BCUT2D eigenvalue weighted by Crippen LogP contribution is 2.27. The summed E-state index contributed by atoms with van der Waals surface area (Å²) in [7, 11) is 0. The lowest BCUT2D eigenvalue weighted by Crippen LogP contribution is -2.17. The zero-order chi connectivity index (χ0) is 8.72. The van der Waals surface area contributed by atoms with Crippen LogP contribution in [-0.2, 0) is 13.0 Å². The van der Waals surface area contributed by atoms with Gasteiger partial charge in [0.05, 0.1) is 5.69 Å².